The van der Waals surface area contributed by atoms with Gasteiger partial charge in [-0.05, 0) is 55.3 Å². The molecule has 1 N–H and O–H groups in total. The third-order valence-corrected chi connectivity index (χ3v) is 6.18. The molecule has 1 aromatic heterocycles. The van der Waals surface area contributed by atoms with Crippen LogP contribution in [0.15, 0.2) is 48.5 Å². The Hall–Kier alpha value is -2.86. The quantitative estimate of drug-likeness (QED) is 0.619. The number of hydrogen-bond acceptors (Lipinski definition) is 4. The number of nitrogens with one attached hydrogen (secondary N) is 1. The predicted octanol–water partition coefficient (Wildman–Crippen LogP) is 5.36. The second-order valence-electron chi connectivity index (χ2n) is 7.00. The topological polar surface area (TPSA) is 54.5 Å². The average molecular weight is 408 g/mol. The number of urea groups is 1. The van der Waals surface area contributed by atoms with Crippen LogP contribution >= 0.6 is 11.3 Å². The van der Waals surface area contributed by atoms with Gasteiger partial charge in [0.05, 0.1) is 18.8 Å². The number of amides is 2. The predicted molar refractivity (Wildman–Crippen MR) is 118 cm³/mol. The highest BCUT2D eigenvalue weighted by Crippen LogP contribution is 2.32. The molecular formula is C23H25N3O2S. The number of carbonyl (C=O) groups is 1. The molecule has 5 nitrogen and oxygen atoms in total. The van der Waals surface area contributed by atoms with E-state index < -0.39 is 0 Å². The van der Waals surface area contributed by atoms with Crippen LogP contribution in [-0.4, -0.2) is 29.1 Å². The number of fused-ring (bicyclic) bond motifs is 1. The van der Waals surface area contributed by atoms with E-state index in [1.165, 1.54) is 5.56 Å². The number of hydrogen-bond donors (Lipinski definition) is 1. The van der Waals surface area contributed by atoms with E-state index in [0.29, 0.717) is 19.7 Å². The molecular weight excluding hydrogens is 382 g/mol. The lowest BCUT2D eigenvalue weighted by atomic mass is 10.1. The molecule has 4 rings (SSSR count). The van der Waals surface area contributed by atoms with E-state index in [0.717, 1.165) is 45.4 Å². The lowest BCUT2D eigenvalue weighted by Gasteiger charge is -2.26. The molecule has 2 heterocycles. The first-order valence-electron chi connectivity index (χ1n) is 10.0. The fraction of sp³-hybridized carbons (Fsp3) is 0.304. The summed E-state index contributed by atoms with van der Waals surface area (Å²) < 4.78 is 5.51. The summed E-state index contributed by atoms with van der Waals surface area (Å²) in [5, 5.41) is 4.00. The van der Waals surface area contributed by atoms with Gasteiger partial charge in [-0.2, -0.15) is 0 Å². The molecule has 0 saturated carbocycles. The van der Waals surface area contributed by atoms with Crippen molar-refractivity contribution in [3.05, 3.63) is 64.7 Å². The highest BCUT2D eigenvalue weighted by Gasteiger charge is 2.24. The molecule has 0 fully saturated rings. The number of ether oxygens (including phenoxy) is 1. The summed E-state index contributed by atoms with van der Waals surface area (Å²) in [6, 6.07) is 16.0. The molecule has 0 spiro atoms. The highest BCUT2D eigenvalue weighted by atomic mass is 32.1. The molecule has 1 aliphatic rings. The number of thiazole rings is 1. The molecule has 0 bridgehead atoms. The van der Waals surface area contributed by atoms with Crippen LogP contribution in [-0.2, 0) is 19.4 Å². The maximum absolute atomic E-state index is 12.7. The normalized spacial score (nSPS) is 13.1. The van der Waals surface area contributed by atoms with Crippen LogP contribution in [0.2, 0.25) is 0 Å². The van der Waals surface area contributed by atoms with Crippen molar-refractivity contribution < 1.29 is 9.53 Å². The minimum atomic E-state index is -0.0593. The molecule has 2 amide bonds. The van der Waals surface area contributed by atoms with Crippen LogP contribution in [0.3, 0.4) is 0 Å². The smallest absolute Gasteiger partial charge is 0.322 e. The fourth-order valence-corrected chi connectivity index (χ4v) is 4.51. The number of nitrogens with zero attached hydrogens (tertiary/aromatic N) is 2. The van der Waals surface area contributed by atoms with Gasteiger partial charge in [-0.1, -0.05) is 19.1 Å². The first-order valence-corrected chi connectivity index (χ1v) is 10.8. The minimum Gasteiger partial charge on any atom is -0.494 e. The van der Waals surface area contributed by atoms with Crippen molar-refractivity contribution in [1.82, 2.24) is 9.88 Å². The van der Waals surface area contributed by atoms with E-state index >= 15 is 0 Å². The molecule has 1 aliphatic heterocycles. The van der Waals surface area contributed by atoms with Gasteiger partial charge in [-0.3, -0.25) is 0 Å². The first-order chi connectivity index (χ1) is 14.2. The zero-order chi connectivity index (χ0) is 20.2. The number of aromatic nitrogens is 1. The van der Waals surface area contributed by atoms with Crippen molar-refractivity contribution in [3.8, 4) is 16.3 Å². The van der Waals surface area contributed by atoms with Gasteiger partial charge in [0.2, 0.25) is 0 Å². The third kappa shape index (κ3) is 4.43. The van der Waals surface area contributed by atoms with Gasteiger partial charge in [-0.15, -0.1) is 11.3 Å². The van der Waals surface area contributed by atoms with Gasteiger partial charge in [-0.25, -0.2) is 9.78 Å². The second-order valence-corrected chi connectivity index (χ2v) is 8.08. The second kappa shape index (κ2) is 8.66. The van der Waals surface area contributed by atoms with Crippen molar-refractivity contribution >= 4 is 23.1 Å². The standard InChI is InChI=1S/C23H25N3O2S/c1-3-16-5-9-18(10-6-16)24-23(27)26-14-13-20-21(15-26)29-22(25-20)17-7-11-19(12-8-17)28-4-2/h5-12H,3-4,13-15H2,1-2H3,(H,24,27). The summed E-state index contributed by atoms with van der Waals surface area (Å²) >= 11 is 1.67. The monoisotopic (exact) mass is 407 g/mol. The Labute approximate surface area is 175 Å². The first kappa shape index (κ1) is 19.5. The summed E-state index contributed by atoms with van der Waals surface area (Å²) in [6.07, 6.45) is 1.77. The Morgan fingerprint density at radius 3 is 2.59 bits per heavy atom. The van der Waals surface area contributed by atoms with Gasteiger partial charge in [0, 0.05) is 29.1 Å². The van der Waals surface area contributed by atoms with Gasteiger partial charge in [0.1, 0.15) is 10.8 Å². The van der Waals surface area contributed by atoms with E-state index in [1.807, 2.05) is 48.2 Å². The lowest BCUT2D eigenvalue weighted by Crippen LogP contribution is -2.38. The van der Waals surface area contributed by atoms with Crippen LogP contribution in [0.5, 0.6) is 5.75 Å². The van der Waals surface area contributed by atoms with Crippen LogP contribution in [0.4, 0.5) is 10.5 Å². The number of benzene rings is 2. The Balaban J connectivity index is 1.43. The van der Waals surface area contributed by atoms with Crippen molar-refractivity contribution in [1.29, 1.82) is 0 Å². The molecule has 0 radical (unpaired) electrons. The summed E-state index contributed by atoms with van der Waals surface area (Å²) in [7, 11) is 0. The van der Waals surface area contributed by atoms with E-state index in [2.05, 4.69) is 24.4 Å². The van der Waals surface area contributed by atoms with Crippen molar-refractivity contribution in [3.63, 3.8) is 0 Å². The maximum Gasteiger partial charge on any atom is 0.322 e. The van der Waals surface area contributed by atoms with E-state index in [1.54, 1.807) is 11.3 Å². The zero-order valence-electron chi connectivity index (χ0n) is 16.8. The van der Waals surface area contributed by atoms with Crippen molar-refractivity contribution in [2.75, 3.05) is 18.5 Å². The Morgan fingerprint density at radius 2 is 1.90 bits per heavy atom. The number of rotatable bonds is 5. The van der Waals surface area contributed by atoms with Gasteiger partial charge < -0.3 is 15.0 Å². The summed E-state index contributed by atoms with van der Waals surface area (Å²) in [4.78, 5) is 20.5. The Morgan fingerprint density at radius 1 is 1.14 bits per heavy atom. The van der Waals surface area contributed by atoms with Crippen molar-refractivity contribution in [2.24, 2.45) is 0 Å². The van der Waals surface area contributed by atoms with Crippen LogP contribution in [0, 0.1) is 0 Å². The molecule has 0 aliphatic carbocycles. The van der Waals surface area contributed by atoms with E-state index in [4.69, 9.17) is 9.72 Å². The molecule has 29 heavy (non-hydrogen) atoms. The van der Waals surface area contributed by atoms with Crippen molar-refractivity contribution in [2.45, 2.75) is 33.2 Å². The van der Waals surface area contributed by atoms with E-state index in [-0.39, 0.29) is 6.03 Å². The maximum atomic E-state index is 12.7. The molecule has 150 valence electrons. The molecule has 0 unspecified atom stereocenters. The highest BCUT2D eigenvalue weighted by molar-refractivity contribution is 7.15. The molecule has 2 aromatic carbocycles. The van der Waals surface area contributed by atoms with Crippen LogP contribution < -0.4 is 10.1 Å². The average Bonchev–Trinajstić information content (AvgIpc) is 3.18. The summed E-state index contributed by atoms with van der Waals surface area (Å²) in [5.41, 5.74) is 4.28. The third-order valence-electron chi connectivity index (χ3n) is 5.04. The van der Waals surface area contributed by atoms with Gasteiger partial charge >= 0.3 is 6.03 Å². The van der Waals surface area contributed by atoms with Gasteiger partial charge in [0.25, 0.3) is 0 Å². The Bertz CT molecular complexity index is 980. The zero-order valence-corrected chi connectivity index (χ0v) is 17.6. The largest absolute Gasteiger partial charge is 0.494 e. The fourth-order valence-electron chi connectivity index (χ4n) is 3.38. The van der Waals surface area contributed by atoms with Crippen LogP contribution in [0.25, 0.3) is 10.6 Å². The van der Waals surface area contributed by atoms with Crippen LogP contribution in [0.1, 0.15) is 30.0 Å². The van der Waals surface area contributed by atoms with Gasteiger partial charge in [0.15, 0.2) is 0 Å². The molecule has 0 atom stereocenters. The minimum absolute atomic E-state index is 0.0593. The molecule has 6 heteroatoms. The number of anilines is 1. The summed E-state index contributed by atoms with van der Waals surface area (Å²) in [6.45, 7) is 6.03. The molecule has 3 aromatic rings. The number of carbonyl (C=O) groups excluding carboxylic acids is 1. The number of aryl methyl sites for hydroxylation is 1. The van der Waals surface area contributed by atoms with E-state index in [9.17, 15) is 4.79 Å². The molecule has 0 saturated heterocycles. The lowest BCUT2D eigenvalue weighted by molar-refractivity contribution is 0.207. The summed E-state index contributed by atoms with van der Waals surface area (Å²) in [5.74, 6) is 0.868. The Kier molecular flexibility index (Phi) is 5.81. The SMILES string of the molecule is CCOc1ccc(-c2nc3c(s2)CN(C(=O)Nc2ccc(CC)cc2)CC3)cc1.